The third-order valence-electron chi connectivity index (χ3n) is 6.22. The maximum Gasteiger partial charge on any atom is 0.326 e. The molecule has 4 amide bonds. The fourth-order valence-electron chi connectivity index (χ4n) is 4.13. The molecule has 0 atom stereocenters. The maximum absolute atomic E-state index is 13.7. The van der Waals surface area contributed by atoms with Gasteiger partial charge in [-0.05, 0) is 37.7 Å². The summed E-state index contributed by atoms with van der Waals surface area (Å²) >= 11 is 0. The van der Waals surface area contributed by atoms with Crippen LogP contribution in [0.5, 0.6) is 0 Å². The number of urea groups is 1. The van der Waals surface area contributed by atoms with Crippen molar-refractivity contribution >= 4 is 23.8 Å². The first kappa shape index (κ1) is 22.7. The van der Waals surface area contributed by atoms with Crippen LogP contribution in [0.4, 0.5) is 9.18 Å². The van der Waals surface area contributed by atoms with Crippen LogP contribution in [-0.4, -0.2) is 59.4 Å². The zero-order chi connectivity index (χ0) is 22.6. The largest absolute Gasteiger partial charge is 0.454 e. The third-order valence-corrected chi connectivity index (χ3v) is 6.22. The Hall–Kier alpha value is -2.97. The molecule has 0 aromatic heterocycles. The van der Waals surface area contributed by atoms with E-state index < -0.39 is 48.3 Å². The highest BCUT2D eigenvalue weighted by Gasteiger charge is 2.52. The van der Waals surface area contributed by atoms with Crippen LogP contribution in [0.1, 0.15) is 44.6 Å². The van der Waals surface area contributed by atoms with Crippen molar-refractivity contribution < 1.29 is 28.3 Å². The third kappa shape index (κ3) is 5.03. The molecular weight excluding hydrogens is 405 g/mol. The number of amides is 4. The van der Waals surface area contributed by atoms with Gasteiger partial charge in [-0.1, -0.05) is 31.5 Å². The number of halogens is 1. The molecule has 3 rings (SSSR count). The van der Waals surface area contributed by atoms with Crippen molar-refractivity contribution in [2.75, 3.05) is 20.2 Å². The fourth-order valence-corrected chi connectivity index (χ4v) is 4.13. The molecule has 2 fully saturated rings. The molecular formula is C22H28FN3O5. The number of ether oxygens (including phenoxy) is 1. The van der Waals surface area contributed by atoms with Crippen LogP contribution in [0.2, 0.25) is 0 Å². The molecule has 1 aromatic carbocycles. The molecule has 31 heavy (non-hydrogen) atoms. The van der Waals surface area contributed by atoms with Gasteiger partial charge in [0.25, 0.3) is 11.8 Å². The molecule has 0 unspecified atom stereocenters. The highest BCUT2D eigenvalue weighted by Crippen LogP contribution is 2.37. The first-order chi connectivity index (χ1) is 14.8. The van der Waals surface area contributed by atoms with Gasteiger partial charge >= 0.3 is 12.0 Å². The van der Waals surface area contributed by atoms with Gasteiger partial charge in [0.2, 0.25) is 0 Å². The van der Waals surface area contributed by atoms with Gasteiger partial charge < -0.3 is 15.0 Å². The second-order valence-corrected chi connectivity index (χ2v) is 8.26. The van der Waals surface area contributed by atoms with Crippen LogP contribution >= 0.6 is 0 Å². The average molecular weight is 433 g/mol. The molecule has 1 saturated carbocycles. The van der Waals surface area contributed by atoms with Crippen molar-refractivity contribution in [2.24, 2.45) is 5.92 Å². The summed E-state index contributed by atoms with van der Waals surface area (Å²) in [7, 11) is 1.47. The van der Waals surface area contributed by atoms with E-state index >= 15 is 0 Å². The number of benzene rings is 1. The fraction of sp³-hybridized carbons (Fsp3) is 0.545. The van der Waals surface area contributed by atoms with Crippen molar-refractivity contribution in [1.82, 2.24) is 15.1 Å². The molecule has 0 bridgehead atoms. The Bertz CT molecular complexity index is 866. The lowest BCUT2D eigenvalue weighted by Crippen LogP contribution is -2.49. The van der Waals surface area contributed by atoms with Crippen molar-refractivity contribution in [3.63, 3.8) is 0 Å². The SMILES string of the molecule is CCC1CCC2(CC1)NC(=O)N(CC(=O)OCC(=O)N(C)Cc1ccccc1F)C2=O. The van der Waals surface area contributed by atoms with E-state index in [1.54, 1.807) is 18.2 Å². The highest BCUT2D eigenvalue weighted by molar-refractivity contribution is 6.08. The van der Waals surface area contributed by atoms with Crippen LogP contribution in [0.25, 0.3) is 0 Å². The number of esters is 1. The van der Waals surface area contributed by atoms with Crippen molar-refractivity contribution in [3.8, 4) is 0 Å². The Kier molecular flexibility index (Phi) is 6.92. The van der Waals surface area contributed by atoms with E-state index in [1.165, 1.54) is 18.0 Å². The van der Waals surface area contributed by atoms with Gasteiger partial charge in [0.1, 0.15) is 17.9 Å². The lowest BCUT2D eigenvalue weighted by atomic mass is 9.75. The standard InChI is InChI=1S/C22H28FN3O5/c1-3-15-8-10-22(11-9-15)20(29)26(21(30)24-22)13-19(28)31-14-18(27)25(2)12-16-6-4-5-7-17(16)23/h4-7,15H,3,8-14H2,1-2H3,(H,24,30). The summed E-state index contributed by atoms with van der Waals surface area (Å²) in [5.74, 6) is -1.67. The minimum atomic E-state index is -0.932. The molecule has 1 aliphatic carbocycles. The molecule has 1 aliphatic heterocycles. The second kappa shape index (κ2) is 9.45. The summed E-state index contributed by atoms with van der Waals surface area (Å²) < 4.78 is 18.7. The Labute approximate surface area is 180 Å². The molecule has 9 heteroatoms. The van der Waals surface area contributed by atoms with E-state index in [2.05, 4.69) is 12.2 Å². The van der Waals surface area contributed by atoms with Gasteiger partial charge in [-0.2, -0.15) is 0 Å². The van der Waals surface area contributed by atoms with Gasteiger partial charge in [0.15, 0.2) is 6.61 Å². The van der Waals surface area contributed by atoms with Crippen molar-refractivity contribution in [2.45, 2.75) is 51.1 Å². The van der Waals surface area contributed by atoms with E-state index in [0.717, 1.165) is 24.2 Å². The smallest absolute Gasteiger partial charge is 0.326 e. The summed E-state index contributed by atoms with van der Waals surface area (Å²) in [4.78, 5) is 51.6. The number of likely N-dealkylation sites (N-methyl/N-ethyl adjacent to an activating group) is 1. The van der Waals surface area contributed by atoms with Gasteiger partial charge in [0, 0.05) is 19.2 Å². The number of carbonyl (C=O) groups excluding carboxylic acids is 4. The van der Waals surface area contributed by atoms with E-state index in [4.69, 9.17) is 4.74 Å². The van der Waals surface area contributed by atoms with E-state index in [1.807, 2.05) is 0 Å². The number of hydrogen-bond acceptors (Lipinski definition) is 5. The summed E-state index contributed by atoms with van der Waals surface area (Å²) in [6, 6.07) is 5.47. The summed E-state index contributed by atoms with van der Waals surface area (Å²) in [6.07, 6.45) is 3.85. The number of nitrogens with one attached hydrogen (secondary N) is 1. The maximum atomic E-state index is 13.7. The Morgan fingerprint density at radius 1 is 1.26 bits per heavy atom. The molecule has 1 saturated heterocycles. The molecule has 2 aliphatic rings. The number of hydrogen-bond donors (Lipinski definition) is 1. The van der Waals surface area contributed by atoms with E-state index in [-0.39, 0.29) is 6.54 Å². The quantitative estimate of drug-likeness (QED) is 0.525. The van der Waals surface area contributed by atoms with Gasteiger partial charge in [-0.15, -0.1) is 0 Å². The Balaban J connectivity index is 1.49. The lowest BCUT2D eigenvalue weighted by Gasteiger charge is -2.34. The molecule has 1 aromatic rings. The number of imide groups is 1. The molecule has 1 N–H and O–H groups in total. The van der Waals surface area contributed by atoms with Crippen LogP contribution in [-0.2, 0) is 25.7 Å². The van der Waals surface area contributed by atoms with Crippen LogP contribution < -0.4 is 5.32 Å². The van der Waals surface area contributed by atoms with Gasteiger partial charge in [-0.3, -0.25) is 19.3 Å². The summed E-state index contributed by atoms with van der Waals surface area (Å²) in [5, 5.41) is 2.75. The summed E-state index contributed by atoms with van der Waals surface area (Å²) in [6.45, 7) is 1.02. The average Bonchev–Trinajstić information content (AvgIpc) is 2.98. The zero-order valence-electron chi connectivity index (χ0n) is 17.9. The monoisotopic (exact) mass is 433 g/mol. The molecule has 1 spiro atoms. The predicted molar refractivity (Wildman–Crippen MR) is 109 cm³/mol. The molecule has 168 valence electrons. The van der Waals surface area contributed by atoms with Crippen molar-refractivity contribution in [1.29, 1.82) is 0 Å². The summed E-state index contributed by atoms with van der Waals surface area (Å²) in [5.41, 5.74) is -0.592. The second-order valence-electron chi connectivity index (χ2n) is 8.26. The van der Waals surface area contributed by atoms with Crippen molar-refractivity contribution in [3.05, 3.63) is 35.6 Å². The highest BCUT2D eigenvalue weighted by atomic mass is 19.1. The Morgan fingerprint density at radius 3 is 2.58 bits per heavy atom. The van der Waals surface area contributed by atoms with E-state index in [9.17, 15) is 23.6 Å². The zero-order valence-corrected chi connectivity index (χ0v) is 17.9. The van der Waals surface area contributed by atoms with E-state index in [0.29, 0.717) is 24.3 Å². The van der Waals surface area contributed by atoms with Crippen LogP contribution in [0.15, 0.2) is 24.3 Å². The minimum absolute atomic E-state index is 0.0251. The first-order valence-corrected chi connectivity index (χ1v) is 10.5. The topological polar surface area (TPSA) is 96.0 Å². The van der Waals surface area contributed by atoms with Crippen LogP contribution in [0.3, 0.4) is 0 Å². The van der Waals surface area contributed by atoms with Gasteiger partial charge in [-0.25, -0.2) is 9.18 Å². The normalized spacial score (nSPS) is 23.1. The Morgan fingerprint density at radius 2 is 1.94 bits per heavy atom. The minimum Gasteiger partial charge on any atom is -0.454 e. The molecule has 1 heterocycles. The predicted octanol–water partition coefficient (Wildman–Crippen LogP) is 2.22. The number of carbonyl (C=O) groups is 4. The number of rotatable bonds is 7. The molecule has 0 radical (unpaired) electrons. The van der Waals surface area contributed by atoms with Gasteiger partial charge in [0.05, 0.1) is 0 Å². The lowest BCUT2D eigenvalue weighted by molar-refractivity contribution is -0.153. The number of nitrogens with zero attached hydrogens (tertiary/aromatic N) is 2. The van der Waals surface area contributed by atoms with Crippen LogP contribution in [0, 0.1) is 11.7 Å². The molecule has 8 nitrogen and oxygen atoms in total. The first-order valence-electron chi connectivity index (χ1n) is 10.5.